The first-order valence-corrected chi connectivity index (χ1v) is 11.4. The highest BCUT2D eigenvalue weighted by Gasteiger charge is 2.39. The molecule has 0 radical (unpaired) electrons. The van der Waals surface area contributed by atoms with Gasteiger partial charge < -0.3 is 9.47 Å². The first kappa shape index (κ1) is 22.8. The summed E-state index contributed by atoms with van der Waals surface area (Å²) < 4.78 is 68.3. The molecule has 1 amide bonds. The van der Waals surface area contributed by atoms with E-state index < -0.39 is 34.5 Å². The Hall–Kier alpha value is -3.43. The molecule has 3 aromatic rings. The van der Waals surface area contributed by atoms with E-state index in [1.54, 1.807) is 18.2 Å². The normalized spacial score (nSPS) is 15.5. The van der Waals surface area contributed by atoms with Crippen molar-refractivity contribution < 1.29 is 26.4 Å². The van der Waals surface area contributed by atoms with Crippen molar-refractivity contribution in [2.45, 2.75) is 17.6 Å². The van der Waals surface area contributed by atoms with Crippen molar-refractivity contribution in [2.24, 2.45) is 0 Å². The van der Waals surface area contributed by atoms with Crippen LogP contribution in [-0.4, -0.2) is 59.3 Å². The largest absolute Gasteiger partial charge is 0.449 e. The second kappa shape index (κ2) is 8.49. The molecule has 0 saturated carbocycles. The number of rotatable bonds is 4. The molecule has 1 fully saturated rings. The van der Waals surface area contributed by atoms with Gasteiger partial charge in [-0.15, -0.1) is 0 Å². The number of carbonyl (C=O) groups excluding carboxylic acids is 1. The minimum absolute atomic E-state index is 0.0146. The summed E-state index contributed by atoms with van der Waals surface area (Å²) in [5.74, 6) is -1.73. The Morgan fingerprint density at radius 3 is 2.33 bits per heavy atom. The number of nitriles is 1. The number of sulfonamides is 1. The van der Waals surface area contributed by atoms with Crippen LogP contribution in [0.4, 0.5) is 13.2 Å². The lowest BCUT2D eigenvalue weighted by atomic mass is 10.2. The second-order valence-electron chi connectivity index (χ2n) is 7.40. The van der Waals surface area contributed by atoms with Crippen molar-refractivity contribution in [3.8, 4) is 6.07 Å². The molecule has 0 spiro atoms. The van der Waals surface area contributed by atoms with Gasteiger partial charge >= 0.3 is 6.18 Å². The molecule has 1 aromatic heterocycles. The van der Waals surface area contributed by atoms with Crippen LogP contribution in [0.5, 0.6) is 0 Å². The molecule has 33 heavy (non-hydrogen) atoms. The molecule has 0 bridgehead atoms. The maximum Gasteiger partial charge on any atom is 0.449 e. The zero-order chi connectivity index (χ0) is 23.8. The fraction of sp³-hybridized carbons (Fsp3) is 0.286. The van der Waals surface area contributed by atoms with Gasteiger partial charge in [-0.1, -0.05) is 24.3 Å². The van der Waals surface area contributed by atoms with E-state index in [-0.39, 0.29) is 47.7 Å². The van der Waals surface area contributed by atoms with Crippen LogP contribution in [0, 0.1) is 11.3 Å². The molecule has 2 heterocycles. The van der Waals surface area contributed by atoms with Crippen molar-refractivity contribution in [3.63, 3.8) is 0 Å². The average Bonchev–Trinajstić information content (AvgIpc) is 3.18. The Labute approximate surface area is 187 Å². The van der Waals surface area contributed by atoms with Gasteiger partial charge in [-0.2, -0.15) is 22.7 Å². The minimum Gasteiger partial charge on any atom is -0.339 e. The third-order valence-electron chi connectivity index (χ3n) is 5.42. The second-order valence-corrected chi connectivity index (χ2v) is 9.31. The molecule has 0 atom stereocenters. The molecule has 8 nitrogen and oxygen atoms in total. The molecule has 1 aliphatic heterocycles. The standard InChI is InChI=1S/C21H18F3N5O3S/c22-21(23,24)20-26-16-6-2-3-7-17(16)29(20)14-19(30)27-9-11-28(12-10-27)33(31,32)18-8-4-1-5-15(18)13-25/h1-8H,9-12,14H2. The molecule has 4 rings (SSSR count). The fourth-order valence-electron chi connectivity index (χ4n) is 3.79. The lowest BCUT2D eigenvalue weighted by molar-refractivity contribution is -0.148. The van der Waals surface area contributed by atoms with Gasteiger partial charge in [0.15, 0.2) is 0 Å². The third kappa shape index (κ3) is 4.29. The van der Waals surface area contributed by atoms with E-state index in [1.165, 1.54) is 39.5 Å². The monoisotopic (exact) mass is 477 g/mol. The van der Waals surface area contributed by atoms with Crippen LogP contribution in [0.15, 0.2) is 53.4 Å². The summed E-state index contributed by atoms with van der Waals surface area (Å²) in [5.41, 5.74) is 0.333. The highest BCUT2D eigenvalue weighted by atomic mass is 32.2. The van der Waals surface area contributed by atoms with E-state index in [4.69, 9.17) is 0 Å². The third-order valence-corrected chi connectivity index (χ3v) is 7.37. The Kier molecular flexibility index (Phi) is 5.85. The summed E-state index contributed by atoms with van der Waals surface area (Å²) in [5, 5.41) is 9.20. The van der Waals surface area contributed by atoms with Crippen molar-refractivity contribution in [1.29, 1.82) is 5.26 Å². The molecule has 172 valence electrons. The van der Waals surface area contributed by atoms with Gasteiger partial charge in [-0.25, -0.2) is 13.4 Å². The first-order chi connectivity index (χ1) is 15.6. The summed E-state index contributed by atoms with van der Waals surface area (Å²) in [6, 6.07) is 13.7. The van der Waals surface area contributed by atoms with Crippen molar-refractivity contribution in [2.75, 3.05) is 26.2 Å². The number of nitrogens with zero attached hydrogens (tertiary/aromatic N) is 5. The molecule has 1 saturated heterocycles. The number of fused-ring (bicyclic) bond motifs is 1. The number of aromatic nitrogens is 2. The maximum absolute atomic E-state index is 13.5. The van der Waals surface area contributed by atoms with E-state index >= 15 is 0 Å². The number of imidazole rings is 1. The van der Waals surface area contributed by atoms with E-state index in [9.17, 15) is 31.6 Å². The number of para-hydroxylation sites is 2. The number of hydrogen-bond donors (Lipinski definition) is 0. The minimum atomic E-state index is -4.74. The predicted octanol–water partition coefficient (Wildman–Crippen LogP) is 2.46. The van der Waals surface area contributed by atoms with Crippen molar-refractivity contribution >= 4 is 27.0 Å². The van der Waals surface area contributed by atoms with Crippen molar-refractivity contribution in [3.05, 3.63) is 59.9 Å². The number of carbonyl (C=O) groups is 1. The van der Waals surface area contributed by atoms with Crippen LogP contribution >= 0.6 is 0 Å². The molecular formula is C21H18F3N5O3S. The molecule has 0 aliphatic carbocycles. The van der Waals surface area contributed by atoms with E-state index in [2.05, 4.69) is 4.98 Å². The SMILES string of the molecule is N#Cc1ccccc1S(=O)(=O)N1CCN(C(=O)Cn2c(C(F)(F)F)nc3ccccc32)CC1. The summed E-state index contributed by atoms with van der Waals surface area (Å²) in [6.07, 6.45) is -4.74. The zero-order valence-electron chi connectivity index (χ0n) is 17.2. The van der Waals surface area contributed by atoms with Gasteiger partial charge in [0.1, 0.15) is 12.6 Å². The van der Waals surface area contributed by atoms with Gasteiger partial charge in [0.05, 0.1) is 21.5 Å². The lowest BCUT2D eigenvalue weighted by Crippen LogP contribution is -2.51. The summed E-state index contributed by atoms with van der Waals surface area (Å²) >= 11 is 0. The topological polar surface area (TPSA) is 99.3 Å². The molecule has 0 unspecified atom stereocenters. The fourth-order valence-corrected chi connectivity index (χ4v) is 5.35. The molecule has 2 aromatic carbocycles. The number of piperazine rings is 1. The Morgan fingerprint density at radius 2 is 1.67 bits per heavy atom. The predicted molar refractivity (Wildman–Crippen MR) is 111 cm³/mol. The van der Waals surface area contributed by atoms with Crippen molar-refractivity contribution in [1.82, 2.24) is 18.8 Å². The van der Waals surface area contributed by atoms with Crippen LogP contribution in [0.2, 0.25) is 0 Å². The van der Waals surface area contributed by atoms with E-state index in [0.29, 0.717) is 0 Å². The Bertz CT molecular complexity index is 1350. The van der Waals surface area contributed by atoms with Crippen LogP contribution in [0.25, 0.3) is 11.0 Å². The number of halogens is 3. The average molecular weight is 477 g/mol. The highest BCUT2D eigenvalue weighted by molar-refractivity contribution is 7.89. The van der Waals surface area contributed by atoms with E-state index in [1.807, 2.05) is 6.07 Å². The Balaban J connectivity index is 1.51. The summed E-state index contributed by atoms with van der Waals surface area (Å²) in [7, 11) is -3.95. The molecule has 0 N–H and O–H groups in total. The van der Waals surface area contributed by atoms with Gasteiger partial charge in [-0.05, 0) is 24.3 Å². The van der Waals surface area contributed by atoms with Gasteiger partial charge in [0.2, 0.25) is 21.8 Å². The summed E-state index contributed by atoms with van der Waals surface area (Å²) in [6.45, 7) is -0.615. The Morgan fingerprint density at radius 1 is 1.03 bits per heavy atom. The highest BCUT2D eigenvalue weighted by Crippen LogP contribution is 2.31. The zero-order valence-corrected chi connectivity index (χ0v) is 18.0. The number of alkyl halides is 3. The van der Waals surface area contributed by atoms with Gasteiger partial charge in [-0.3, -0.25) is 4.79 Å². The van der Waals surface area contributed by atoms with Gasteiger partial charge in [0, 0.05) is 26.2 Å². The van der Waals surface area contributed by atoms with Crippen LogP contribution in [0.1, 0.15) is 11.4 Å². The quantitative estimate of drug-likeness (QED) is 0.575. The van der Waals surface area contributed by atoms with Crippen LogP contribution in [0.3, 0.4) is 0 Å². The van der Waals surface area contributed by atoms with Crippen LogP contribution < -0.4 is 0 Å². The van der Waals surface area contributed by atoms with E-state index in [0.717, 1.165) is 4.57 Å². The number of benzene rings is 2. The molecule has 1 aliphatic rings. The lowest BCUT2D eigenvalue weighted by Gasteiger charge is -2.34. The van der Waals surface area contributed by atoms with Gasteiger partial charge in [0.25, 0.3) is 0 Å². The first-order valence-electron chi connectivity index (χ1n) is 9.92. The summed E-state index contributed by atoms with van der Waals surface area (Å²) in [4.78, 5) is 17.7. The smallest absolute Gasteiger partial charge is 0.339 e. The molecule has 12 heteroatoms. The van der Waals surface area contributed by atoms with Crippen LogP contribution in [-0.2, 0) is 27.5 Å². The molecular weight excluding hydrogens is 459 g/mol. The number of amides is 1. The maximum atomic E-state index is 13.5. The number of hydrogen-bond acceptors (Lipinski definition) is 5.